The minimum absolute atomic E-state index is 0.179. The van der Waals surface area contributed by atoms with Gasteiger partial charge in [-0.3, -0.25) is 0 Å². The molecule has 1 saturated carbocycles. The van der Waals surface area contributed by atoms with E-state index in [1.54, 1.807) is 0 Å². The molecule has 120 valence electrons. The normalized spacial score (nSPS) is 26.0. The van der Waals surface area contributed by atoms with Gasteiger partial charge in [-0.25, -0.2) is 9.59 Å². The molecule has 0 aromatic rings. The molecule has 1 saturated heterocycles. The summed E-state index contributed by atoms with van der Waals surface area (Å²) in [5.74, 6) is -0.879. The van der Waals surface area contributed by atoms with Crippen LogP contribution in [0.1, 0.15) is 64.7 Å². The van der Waals surface area contributed by atoms with E-state index in [4.69, 9.17) is 0 Å². The zero-order chi connectivity index (χ0) is 15.3. The first kappa shape index (κ1) is 16.1. The van der Waals surface area contributed by atoms with Crippen LogP contribution in [-0.4, -0.2) is 41.1 Å². The number of likely N-dealkylation sites (tertiary alicyclic amines) is 1. The highest BCUT2D eigenvalue weighted by Crippen LogP contribution is 2.35. The van der Waals surface area contributed by atoms with Gasteiger partial charge in [-0.1, -0.05) is 39.0 Å². The molecule has 1 aliphatic heterocycles. The summed E-state index contributed by atoms with van der Waals surface area (Å²) >= 11 is 0. The quantitative estimate of drug-likeness (QED) is 0.841. The summed E-state index contributed by atoms with van der Waals surface area (Å²) in [5.41, 5.74) is 0.179. The summed E-state index contributed by atoms with van der Waals surface area (Å²) in [6.07, 6.45) is 9.40. The average Bonchev–Trinajstić information content (AvgIpc) is 2.71. The van der Waals surface area contributed by atoms with Crippen molar-refractivity contribution < 1.29 is 14.7 Å². The number of carbonyl (C=O) groups is 2. The van der Waals surface area contributed by atoms with Crippen molar-refractivity contribution in [3.05, 3.63) is 0 Å². The van der Waals surface area contributed by atoms with Gasteiger partial charge in [0.05, 0.1) is 0 Å². The number of amides is 2. The lowest BCUT2D eigenvalue weighted by atomic mass is 9.76. The van der Waals surface area contributed by atoms with Crippen LogP contribution >= 0.6 is 0 Å². The van der Waals surface area contributed by atoms with E-state index < -0.39 is 12.0 Å². The lowest BCUT2D eigenvalue weighted by Gasteiger charge is -2.35. The van der Waals surface area contributed by atoms with Gasteiger partial charge in [-0.15, -0.1) is 0 Å². The smallest absolute Gasteiger partial charge is 0.326 e. The average molecular weight is 296 g/mol. The van der Waals surface area contributed by atoms with Crippen LogP contribution in [-0.2, 0) is 4.79 Å². The molecule has 21 heavy (non-hydrogen) atoms. The number of urea groups is 1. The number of carbonyl (C=O) groups excluding carboxylic acids is 1. The Balaban J connectivity index is 1.92. The van der Waals surface area contributed by atoms with E-state index in [0.29, 0.717) is 19.5 Å². The summed E-state index contributed by atoms with van der Waals surface area (Å²) in [6, 6.07) is -0.859. The number of carboxylic acids is 1. The van der Waals surface area contributed by atoms with Crippen LogP contribution in [0.2, 0.25) is 0 Å². The van der Waals surface area contributed by atoms with Crippen LogP contribution in [0.25, 0.3) is 0 Å². The largest absolute Gasteiger partial charge is 0.480 e. The fourth-order valence-corrected chi connectivity index (χ4v) is 3.58. The Kier molecular flexibility index (Phi) is 5.48. The molecular weight excluding hydrogens is 268 g/mol. The maximum Gasteiger partial charge on any atom is 0.326 e. The molecule has 0 radical (unpaired) electrons. The Labute approximate surface area is 127 Å². The van der Waals surface area contributed by atoms with E-state index in [1.807, 2.05) is 0 Å². The highest BCUT2D eigenvalue weighted by Gasteiger charge is 2.32. The second kappa shape index (κ2) is 7.14. The van der Waals surface area contributed by atoms with E-state index in [9.17, 15) is 14.7 Å². The van der Waals surface area contributed by atoms with Crippen molar-refractivity contribution in [1.82, 2.24) is 10.2 Å². The molecule has 2 N–H and O–H groups in total. The van der Waals surface area contributed by atoms with E-state index in [0.717, 1.165) is 32.1 Å². The van der Waals surface area contributed by atoms with Crippen LogP contribution < -0.4 is 5.32 Å². The van der Waals surface area contributed by atoms with Crippen LogP contribution in [0, 0.1) is 5.41 Å². The number of hydrogen-bond donors (Lipinski definition) is 2. The summed E-state index contributed by atoms with van der Waals surface area (Å²) in [6.45, 7) is 3.44. The maximum atomic E-state index is 12.4. The van der Waals surface area contributed by atoms with Gasteiger partial charge in [-0.05, 0) is 31.1 Å². The number of hydrogen-bond acceptors (Lipinski definition) is 2. The third-order valence-corrected chi connectivity index (χ3v) is 5.03. The number of aliphatic carboxylic acids is 1. The first-order valence-electron chi connectivity index (χ1n) is 8.29. The van der Waals surface area contributed by atoms with E-state index in [-0.39, 0.29) is 11.4 Å². The van der Waals surface area contributed by atoms with E-state index in [1.165, 1.54) is 24.2 Å². The highest BCUT2D eigenvalue weighted by molar-refractivity contribution is 5.82. The molecule has 1 aliphatic carbocycles. The number of nitrogens with one attached hydrogen (secondary N) is 1. The molecule has 0 bridgehead atoms. The Morgan fingerprint density at radius 1 is 1.14 bits per heavy atom. The number of carboxylic acid groups (broad SMARTS) is 1. The second-order valence-corrected chi connectivity index (χ2v) is 6.93. The molecule has 0 aromatic carbocycles. The van der Waals surface area contributed by atoms with Crippen molar-refractivity contribution in [2.45, 2.75) is 70.8 Å². The molecule has 2 aliphatic rings. The summed E-state index contributed by atoms with van der Waals surface area (Å²) < 4.78 is 0. The highest BCUT2D eigenvalue weighted by atomic mass is 16.4. The van der Waals surface area contributed by atoms with Gasteiger partial charge < -0.3 is 15.3 Å². The Morgan fingerprint density at radius 2 is 1.81 bits per heavy atom. The first-order valence-corrected chi connectivity index (χ1v) is 8.29. The number of rotatable bonds is 3. The van der Waals surface area contributed by atoms with E-state index in [2.05, 4.69) is 12.2 Å². The van der Waals surface area contributed by atoms with Crippen molar-refractivity contribution in [1.29, 1.82) is 0 Å². The summed E-state index contributed by atoms with van der Waals surface area (Å²) in [7, 11) is 0. The molecule has 1 unspecified atom stereocenters. The molecular formula is C16H28N2O3. The van der Waals surface area contributed by atoms with Crippen molar-refractivity contribution >= 4 is 12.0 Å². The predicted octanol–water partition coefficient (Wildman–Crippen LogP) is 3.00. The SMILES string of the molecule is CC1(CNC(=O)N2CCCCCC2C(=O)O)CCCCC1. The van der Waals surface area contributed by atoms with Gasteiger partial charge in [0.25, 0.3) is 0 Å². The van der Waals surface area contributed by atoms with Crippen LogP contribution in [0.3, 0.4) is 0 Å². The van der Waals surface area contributed by atoms with Crippen LogP contribution in [0.5, 0.6) is 0 Å². The molecule has 0 aromatic heterocycles. The van der Waals surface area contributed by atoms with Gasteiger partial charge in [-0.2, -0.15) is 0 Å². The molecule has 1 atom stereocenters. The van der Waals surface area contributed by atoms with Gasteiger partial charge in [0.15, 0.2) is 0 Å². The van der Waals surface area contributed by atoms with Gasteiger partial charge in [0.2, 0.25) is 0 Å². The standard InChI is InChI=1S/C16H28N2O3/c1-16(9-5-3-6-10-16)12-17-15(21)18-11-7-2-4-8-13(18)14(19)20/h13H,2-12H2,1H3,(H,17,21)(H,19,20). The van der Waals surface area contributed by atoms with E-state index >= 15 is 0 Å². The number of nitrogens with zero attached hydrogens (tertiary/aromatic N) is 1. The summed E-state index contributed by atoms with van der Waals surface area (Å²) in [4.78, 5) is 25.3. The molecule has 2 amide bonds. The van der Waals surface area contributed by atoms with Crippen LogP contribution in [0.4, 0.5) is 4.79 Å². The lowest BCUT2D eigenvalue weighted by molar-refractivity contribution is -0.142. The topological polar surface area (TPSA) is 69.6 Å². The Bertz CT molecular complexity index is 378. The second-order valence-electron chi connectivity index (χ2n) is 6.93. The first-order chi connectivity index (χ1) is 10.0. The molecule has 2 rings (SSSR count). The zero-order valence-corrected chi connectivity index (χ0v) is 13.1. The Hall–Kier alpha value is -1.26. The van der Waals surface area contributed by atoms with Gasteiger partial charge in [0, 0.05) is 13.1 Å². The zero-order valence-electron chi connectivity index (χ0n) is 13.1. The molecule has 5 heteroatoms. The molecule has 2 fully saturated rings. The van der Waals surface area contributed by atoms with Crippen molar-refractivity contribution in [2.75, 3.05) is 13.1 Å². The van der Waals surface area contributed by atoms with Crippen molar-refractivity contribution in [2.24, 2.45) is 5.41 Å². The molecule has 5 nitrogen and oxygen atoms in total. The minimum Gasteiger partial charge on any atom is -0.480 e. The Morgan fingerprint density at radius 3 is 2.48 bits per heavy atom. The fraction of sp³-hybridized carbons (Fsp3) is 0.875. The van der Waals surface area contributed by atoms with Gasteiger partial charge in [0.1, 0.15) is 6.04 Å². The minimum atomic E-state index is -0.879. The third kappa shape index (κ3) is 4.35. The molecule has 1 heterocycles. The predicted molar refractivity (Wildman–Crippen MR) is 81.2 cm³/mol. The van der Waals surface area contributed by atoms with Crippen molar-refractivity contribution in [3.63, 3.8) is 0 Å². The monoisotopic (exact) mass is 296 g/mol. The summed E-state index contributed by atoms with van der Waals surface area (Å²) in [5, 5.41) is 12.3. The lowest BCUT2D eigenvalue weighted by Crippen LogP contribution is -2.51. The fourth-order valence-electron chi connectivity index (χ4n) is 3.58. The third-order valence-electron chi connectivity index (χ3n) is 5.03. The van der Waals surface area contributed by atoms with Crippen LogP contribution in [0.15, 0.2) is 0 Å². The molecule has 0 spiro atoms. The maximum absolute atomic E-state index is 12.4. The van der Waals surface area contributed by atoms with Crippen molar-refractivity contribution in [3.8, 4) is 0 Å². The van der Waals surface area contributed by atoms with Gasteiger partial charge >= 0.3 is 12.0 Å².